The van der Waals surface area contributed by atoms with Crippen molar-refractivity contribution in [2.75, 3.05) is 13.1 Å². The first kappa shape index (κ1) is 18.1. The van der Waals surface area contributed by atoms with Gasteiger partial charge in [-0.1, -0.05) is 30.8 Å². The number of piperidine rings is 1. The van der Waals surface area contributed by atoms with Gasteiger partial charge in [0, 0.05) is 25.4 Å². The molecule has 0 radical (unpaired) electrons. The fraction of sp³-hybridized carbons (Fsp3) is 0.778. The van der Waals surface area contributed by atoms with Crippen LogP contribution in [0.2, 0.25) is 0 Å². The number of rotatable bonds is 5. The molecule has 4 rings (SSSR count). The summed E-state index contributed by atoms with van der Waals surface area (Å²) in [6.45, 7) is 1.70. The van der Waals surface area contributed by atoms with Crippen molar-refractivity contribution in [2.45, 2.75) is 70.3 Å². The molecule has 1 aliphatic carbocycles. The van der Waals surface area contributed by atoms with E-state index in [2.05, 4.69) is 25.7 Å². The molecule has 27 heavy (non-hydrogen) atoms. The number of hydrogen-bond donors (Lipinski definition) is 0. The second-order valence-corrected chi connectivity index (χ2v) is 7.79. The average molecular weight is 373 g/mol. The number of aromatic nitrogens is 6. The lowest BCUT2D eigenvalue weighted by molar-refractivity contribution is -0.133. The Labute approximate surface area is 158 Å². The van der Waals surface area contributed by atoms with Crippen molar-refractivity contribution in [3.63, 3.8) is 0 Å². The van der Waals surface area contributed by atoms with Gasteiger partial charge < -0.3 is 9.42 Å². The van der Waals surface area contributed by atoms with E-state index >= 15 is 0 Å². The lowest BCUT2D eigenvalue weighted by atomic mass is 9.94. The Morgan fingerprint density at radius 1 is 1.15 bits per heavy atom. The van der Waals surface area contributed by atoms with Gasteiger partial charge in [-0.2, -0.15) is 4.98 Å². The zero-order valence-corrected chi connectivity index (χ0v) is 15.7. The molecule has 2 aromatic heterocycles. The van der Waals surface area contributed by atoms with Crippen LogP contribution in [0.1, 0.15) is 69.0 Å². The maximum absolute atomic E-state index is 12.5. The molecule has 2 aromatic rings. The van der Waals surface area contributed by atoms with E-state index in [1.807, 2.05) is 4.90 Å². The van der Waals surface area contributed by atoms with Crippen LogP contribution in [0.25, 0.3) is 0 Å². The van der Waals surface area contributed by atoms with E-state index in [-0.39, 0.29) is 12.5 Å². The molecule has 9 nitrogen and oxygen atoms in total. The van der Waals surface area contributed by atoms with Gasteiger partial charge in [0.15, 0.2) is 5.82 Å². The first-order valence-corrected chi connectivity index (χ1v) is 10.1. The van der Waals surface area contributed by atoms with E-state index in [0.29, 0.717) is 17.7 Å². The SMILES string of the molecule is O=C(Cn1cnnn1)N1CCCC(Cc2nc(C3CCCCCC3)no2)C1. The molecule has 1 unspecified atom stereocenters. The van der Waals surface area contributed by atoms with Gasteiger partial charge in [0.25, 0.3) is 0 Å². The molecule has 1 aliphatic heterocycles. The lowest BCUT2D eigenvalue weighted by Crippen LogP contribution is -2.42. The van der Waals surface area contributed by atoms with Crippen LogP contribution in [0.4, 0.5) is 0 Å². The number of tetrazole rings is 1. The fourth-order valence-electron chi connectivity index (χ4n) is 4.25. The van der Waals surface area contributed by atoms with E-state index in [0.717, 1.165) is 38.2 Å². The summed E-state index contributed by atoms with van der Waals surface area (Å²) in [6, 6.07) is 0. The van der Waals surface area contributed by atoms with Gasteiger partial charge in [0.2, 0.25) is 11.8 Å². The third kappa shape index (κ3) is 4.70. The van der Waals surface area contributed by atoms with Crippen molar-refractivity contribution in [3.8, 4) is 0 Å². The number of carbonyl (C=O) groups excluding carboxylic acids is 1. The number of hydrogen-bond acceptors (Lipinski definition) is 7. The minimum absolute atomic E-state index is 0.0525. The highest BCUT2D eigenvalue weighted by atomic mass is 16.5. The molecule has 146 valence electrons. The number of nitrogens with zero attached hydrogens (tertiary/aromatic N) is 7. The second kappa shape index (κ2) is 8.58. The van der Waals surface area contributed by atoms with E-state index in [4.69, 9.17) is 4.52 Å². The molecule has 0 N–H and O–H groups in total. The van der Waals surface area contributed by atoms with Crippen molar-refractivity contribution in [1.82, 2.24) is 35.2 Å². The van der Waals surface area contributed by atoms with Crippen molar-refractivity contribution in [2.24, 2.45) is 5.92 Å². The summed E-state index contributed by atoms with van der Waals surface area (Å²) in [5.41, 5.74) is 0. The largest absolute Gasteiger partial charge is 0.341 e. The molecule has 2 fully saturated rings. The Kier molecular flexibility index (Phi) is 5.74. The van der Waals surface area contributed by atoms with Gasteiger partial charge in [-0.05, 0) is 42.0 Å². The number of amides is 1. The fourth-order valence-corrected chi connectivity index (χ4v) is 4.25. The molecule has 1 saturated carbocycles. The summed E-state index contributed by atoms with van der Waals surface area (Å²) in [4.78, 5) is 19.1. The Hall–Kier alpha value is -2.32. The van der Waals surface area contributed by atoms with Crippen LogP contribution in [0.15, 0.2) is 10.9 Å². The molecule has 0 bridgehead atoms. The quantitative estimate of drug-likeness (QED) is 0.738. The third-order valence-corrected chi connectivity index (χ3v) is 5.73. The Morgan fingerprint density at radius 3 is 2.78 bits per heavy atom. The molecular weight excluding hydrogens is 346 g/mol. The topological polar surface area (TPSA) is 103 Å². The van der Waals surface area contributed by atoms with Gasteiger partial charge in [0.1, 0.15) is 12.9 Å². The van der Waals surface area contributed by atoms with Crippen molar-refractivity contribution in [3.05, 3.63) is 18.0 Å². The van der Waals surface area contributed by atoms with E-state index in [9.17, 15) is 4.79 Å². The normalized spacial score (nSPS) is 21.9. The van der Waals surface area contributed by atoms with Crippen LogP contribution in [-0.2, 0) is 17.8 Å². The molecule has 3 heterocycles. The highest BCUT2D eigenvalue weighted by molar-refractivity contribution is 5.75. The monoisotopic (exact) mass is 373 g/mol. The van der Waals surface area contributed by atoms with Crippen LogP contribution in [0.5, 0.6) is 0 Å². The Morgan fingerprint density at radius 2 is 2.00 bits per heavy atom. The zero-order chi connectivity index (χ0) is 18.5. The summed E-state index contributed by atoms with van der Waals surface area (Å²) >= 11 is 0. The Bertz CT molecular complexity index is 722. The molecule has 2 aliphatic rings. The van der Waals surface area contributed by atoms with Crippen molar-refractivity contribution >= 4 is 5.91 Å². The summed E-state index contributed by atoms with van der Waals surface area (Å²) in [5, 5.41) is 15.2. The third-order valence-electron chi connectivity index (χ3n) is 5.73. The van der Waals surface area contributed by atoms with Gasteiger partial charge in [-0.25, -0.2) is 4.68 Å². The minimum Gasteiger partial charge on any atom is -0.341 e. The maximum atomic E-state index is 12.5. The van der Waals surface area contributed by atoms with E-state index < -0.39 is 0 Å². The van der Waals surface area contributed by atoms with Crippen molar-refractivity contribution in [1.29, 1.82) is 0 Å². The van der Waals surface area contributed by atoms with Crippen molar-refractivity contribution < 1.29 is 9.32 Å². The molecule has 0 aromatic carbocycles. The number of likely N-dealkylation sites (tertiary alicyclic amines) is 1. The van der Waals surface area contributed by atoms with Gasteiger partial charge in [0.05, 0.1) is 0 Å². The first-order chi connectivity index (χ1) is 13.3. The predicted octanol–water partition coefficient (Wildman–Crippen LogP) is 1.98. The summed E-state index contributed by atoms with van der Waals surface area (Å²) < 4.78 is 7.01. The predicted molar refractivity (Wildman–Crippen MR) is 95.6 cm³/mol. The highest BCUT2D eigenvalue weighted by Gasteiger charge is 2.27. The van der Waals surface area contributed by atoms with Crippen LogP contribution in [0, 0.1) is 5.92 Å². The van der Waals surface area contributed by atoms with Gasteiger partial charge >= 0.3 is 0 Å². The van der Waals surface area contributed by atoms with Crippen LogP contribution in [-0.4, -0.2) is 54.2 Å². The minimum atomic E-state index is 0.0525. The van der Waals surface area contributed by atoms with E-state index in [1.54, 1.807) is 0 Å². The Balaban J connectivity index is 1.32. The molecular formula is C18H27N7O2. The van der Waals surface area contributed by atoms with Crippen LogP contribution < -0.4 is 0 Å². The summed E-state index contributed by atoms with van der Waals surface area (Å²) in [6.07, 6.45) is 11.8. The highest BCUT2D eigenvalue weighted by Crippen LogP contribution is 2.30. The van der Waals surface area contributed by atoms with Gasteiger partial charge in [-0.15, -0.1) is 5.10 Å². The number of carbonyl (C=O) groups is 1. The lowest BCUT2D eigenvalue weighted by Gasteiger charge is -2.32. The summed E-state index contributed by atoms with van der Waals surface area (Å²) in [7, 11) is 0. The van der Waals surface area contributed by atoms with Crippen LogP contribution >= 0.6 is 0 Å². The smallest absolute Gasteiger partial charge is 0.244 e. The van der Waals surface area contributed by atoms with E-state index in [1.165, 1.54) is 49.5 Å². The standard InChI is InChI=1S/C18H27N7O2/c26-17(12-25-13-19-22-23-25)24-9-5-6-14(11-24)10-16-20-18(21-27-16)15-7-3-1-2-4-8-15/h13-15H,1-12H2. The molecule has 1 saturated heterocycles. The average Bonchev–Trinajstić information content (AvgIpc) is 3.28. The van der Waals surface area contributed by atoms with Crippen LogP contribution in [0.3, 0.4) is 0 Å². The molecule has 1 atom stereocenters. The molecule has 0 spiro atoms. The summed E-state index contributed by atoms with van der Waals surface area (Å²) in [5.74, 6) is 2.46. The maximum Gasteiger partial charge on any atom is 0.244 e. The van der Waals surface area contributed by atoms with Gasteiger partial charge in [-0.3, -0.25) is 4.79 Å². The molecule has 9 heteroatoms. The molecule has 1 amide bonds. The second-order valence-electron chi connectivity index (χ2n) is 7.79. The first-order valence-electron chi connectivity index (χ1n) is 10.1. The zero-order valence-electron chi connectivity index (χ0n) is 15.7.